The lowest BCUT2D eigenvalue weighted by Gasteiger charge is -2.31. The second-order valence-corrected chi connectivity index (χ2v) is 5.98. The SMILES string of the molecule is CC(C)CC(O)(Cc1cn(C)nn1)CC(C)C. The number of hydrogen-bond donors (Lipinski definition) is 1. The van der Waals surface area contributed by atoms with Crippen molar-refractivity contribution < 1.29 is 5.11 Å². The average Bonchev–Trinajstić information content (AvgIpc) is 2.46. The second kappa shape index (κ2) is 5.63. The van der Waals surface area contributed by atoms with E-state index in [4.69, 9.17) is 0 Å². The van der Waals surface area contributed by atoms with Crippen LogP contribution in [0.3, 0.4) is 0 Å². The van der Waals surface area contributed by atoms with Gasteiger partial charge in [0.15, 0.2) is 0 Å². The highest BCUT2D eigenvalue weighted by Gasteiger charge is 2.30. The summed E-state index contributed by atoms with van der Waals surface area (Å²) in [6.45, 7) is 8.56. The number of rotatable bonds is 6. The molecule has 0 aromatic carbocycles. The maximum Gasteiger partial charge on any atom is 0.0855 e. The molecule has 98 valence electrons. The summed E-state index contributed by atoms with van der Waals surface area (Å²) in [6, 6.07) is 0. The van der Waals surface area contributed by atoms with E-state index in [9.17, 15) is 5.11 Å². The summed E-state index contributed by atoms with van der Waals surface area (Å²) >= 11 is 0. The van der Waals surface area contributed by atoms with Crippen LogP contribution in [-0.2, 0) is 13.5 Å². The summed E-state index contributed by atoms with van der Waals surface area (Å²) in [5, 5.41) is 18.7. The molecule has 1 aromatic rings. The molecule has 0 radical (unpaired) electrons. The van der Waals surface area contributed by atoms with Crippen LogP contribution < -0.4 is 0 Å². The fraction of sp³-hybridized carbons (Fsp3) is 0.846. The molecule has 0 aliphatic carbocycles. The lowest BCUT2D eigenvalue weighted by Crippen LogP contribution is -2.35. The van der Waals surface area contributed by atoms with Crippen LogP contribution in [0.2, 0.25) is 0 Å². The summed E-state index contributed by atoms with van der Waals surface area (Å²) < 4.78 is 1.68. The minimum absolute atomic E-state index is 0.482. The van der Waals surface area contributed by atoms with Gasteiger partial charge in [0, 0.05) is 19.7 Å². The van der Waals surface area contributed by atoms with Gasteiger partial charge in [0.25, 0.3) is 0 Å². The van der Waals surface area contributed by atoms with E-state index in [1.54, 1.807) is 4.68 Å². The van der Waals surface area contributed by atoms with E-state index in [-0.39, 0.29) is 0 Å². The molecular formula is C13H25N3O. The Hall–Kier alpha value is -0.900. The quantitative estimate of drug-likeness (QED) is 0.828. The fourth-order valence-corrected chi connectivity index (χ4v) is 2.56. The Kier molecular flexibility index (Phi) is 4.69. The first-order valence-electron chi connectivity index (χ1n) is 6.38. The Morgan fingerprint density at radius 3 is 2.12 bits per heavy atom. The van der Waals surface area contributed by atoms with Crippen molar-refractivity contribution in [2.45, 2.75) is 52.6 Å². The molecule has 0 fully saturated rings. The van der Waals surface area contributed by atoms with Crippen LogP contribution in [0, 0.1) is 11.8 Å². The average molecular weight is 239 g/mol. The minimum Gasteiger partial charge on any atom is -0.389 e. The number of aryl methyl sites for hydroxylation is 1. The molecule has 0 atom stereocenters. The van der Waals surface area contributed by atoms with Crippen molar-refractivity contribution in [2.24, 2.45) is 18.9 Å². The molecule has 0 saturated heterocycles. The van der Waals surface area contributed by atoms with Gasteiger partial charge in [-0.2, -0.15) is 0 Å². The molecular weight excluding hydrogens is 214 g/mol. The third-order valence-corrected chi connectivity index (χ3v) is 2.74. The van der Waals surface area contributed by atoms with Gasteiger partial charge in [0.05, 0.1) is 11.3 Å². The molecule has 0 amide bonds. The summed E-state index contributed by atoms with van der Waals surface area (Å²) in [6.07, 6.45) is 4.09. The van der Waals surface area contributed by atoms with Crippen LogP contribution in [0.1, 0.15) is 46.2 Å². The predicted octanol–water partition coefficient (Wildman–Crippen LogP) is 2.18. The summed E-state index contributed by atoms with van der Waals surface area (Å²) in [4.78, 5) is 0. The van der Waals surface area contributed by atoms with Crippen LogP contribution in [0.4, 0.5) is 0 Å². The molecule has 1 N–H and O–H groups in total. The second-order valence-electron chi connectivity index (χ2n) is 5.98. The third-order valence-electron chi connectivity index (χ3n) is 2.74. The van der Waals surface area contributed by atoms with E-state index in [1.165, 1.54) is 0 Å². The van der Waals surface area contributed by atoms with Gasteiger partial charge in [-0.1, -0.05) is 32.9 Å². The minimum atomic E-state index is -0.654. The first kappa shape index (κ1) is 14.2. The van der Waals surface area contributed by atoms with Crippen LogP contribution in [-0.4, -0.2) is 25.7 Å². The standard InChI is InChI=1S/C13H25N3O/c1-10(2)6-13(17,7-11(3)4)8-12-9-16(5)15-14-12/h9-11,17H,6-8H2,1-5H3. The number of hydrogen-bond acceptors (Lipinski definition) is 3. The zero-order chi connectivity index (χ0) is 13.1. The Bertz CT molecular complexity index is 334. The highest BCUT2D eigenvalue weighted by atomic mass is 16.3. The molecule has 1 aromatic heterocycles. The summed E-state index contributed by atoms with van der Waals surface area (Å²) in [7, 11) is 1.85. The van der Waals surface area contributed by atoms with E-state index in [0.29, 0.717) is 18.3 Å². The third kappa shape index (κ3) is 4.86. The van der Waals surface area contributed by atoms with Gasteiger partial charge in [0.1, 0.15) is 0 Å². The molecule has 4 heteroatoms. The van der Waals surface area contributed by atoms with E-state index in [1.807, 2.05) is 13.2 Å². The molecule has 1 heterocycles. The predicted molar refractivity (Wildman–Crippen MR) is 68.6 cm³/mol. The van der Waals surface area contributed by atoms with E-state index in [2.05, 4.69) is 38.0 Å². The molecule has 4 nitrogen and oxygen atoms in total. The van der Waals surface area contributed by atoms with Gasteiger partial charge in [-0.25, -0.2) is 0 Å². The fourth-order valence-electron chi connectivity index (χ4n) is 2.56. The van der Waals surface area contributed by atoms with Crippen LogP contribution in [0.15, 0.2) is 6.20 Å². The van der Waals surface area contributed by atoms with Gasteiger partial charge >= 0.3 is 0 Å². The topological polar surface area (TPSA) is 50.9 Å². The molecule has 0 saturated carbocycles. The van der Waals surface area contributed by atoms with Crippen molar-refractivity contribution in [3.8, 4) is 0 Å². The van der Waals surface area contributed by atoms with Gasteiger partial charge < -0.3 is 5.11 Å². The molecule has 17 heavy (non-hydrogen) atoms. The van der Waals surface area contributed by atoms with Crippen LogP contribution in [0.25, 0.3) is 0 Å². The normalized spacial score (nSPS) is 12.7. The summed E-state index contributed by atoms with van der Waals surface area (Å²) in [5.41, 5.74) is 0.217. The van der Waals surface area contributed by atoms with E-state index in [0.717, 1.165) is 18.5 Å². The van der Waals surface area contributed by atoms with E-state index < -0.39 is 5.60 Å². The van der Waals surface area contributed by atoms with Crippen molar-refractivity contribution in [1.82, 2.24) is 15.0 Å². The monoisotopic (exact) mass is 239 g/mol. The highest BCUT2D eigenvalue weighted by molar-refractivity contribution is 5.00. The molecule has 0 spiro atoms. The molecule has 0 unspecified atom stereocenters. The van der Waals surface area contributed by atoms with Gasteiger partial charge in [-0.05, 0) is 24.7 Å². The van der Waals surface area contributed by atoms with Crippen molar-refractivity contribution in [3.63, 3.8) is 0 Å². The van der Waals surface area contributed by atoms with Crippen molar-refractivity contribution >= 4 is 0 Å². The Morgan fingerprint density at radius 1 is 1.24 bits per heavy atom. The van der Waals surface area contributed by atoms with Crippen molar-refractivity contribution in [2.75, 3.05) is 0 Å². The number of aromatic nitrogens is 3. The smallest absolute Gasteiger partial charge is 0.0855 e. The maximum absolute atomic E-state index is 10.7. The highest BCUT2D eigenvalue weighted by Crippen LogP contribution is 2.28. The van der Waals surface area contributed by atoms with Crippen LogP contribution >= 0.6 is 0 Å². The van der Waals surface area contributed by atoms with E-state index >= 15 is 0 Å². The van der Waals surface area contributed by atoms with Gasteiger partial charge in [0.2, 0.25) is 0 Å². The zero-order valence-corrected chi connectivity index (χ0v) is 11.6. The summed E-state index contributed by atoms with van der Waals surface area (Å²) in [5.74, 6) is 0.964. The molecule has 0 aliphatic heterocycles. The van der Waals surface area contributed by atoms with Crippen LogP contribution in [0.5, 0.6) is 0 Å². The largest absolute Gasteiger partial charge is 0.389 e. The maximum atomic E-state index is 10.7. The Balaban J connectivity index is 2.75. The first-order valence-corrected chi connectivity index (χ1v) is 6.38. The zero-order valence-electron chi connectivity index (χ0n) is 11.6. The number of nitrogens with zero attached hydrogens (tertiary/aromatic N) is 3. The van der Waals surface area contributed by atoms with Gasteiger partial charge in [-0.3, -0.25) is 4.68 Å². The lowest BCUT2D eigenvalue weighted by molar-refractivity contribution is -0.0000834. The molecule has 1 rings (SSSR count). The van der Waals surface area contributed by atoms with Gasteiger partial charge in [-0.15, -0.1) is 5.10 Å². The molecule has 0 bridgehead atoms. The first-order chi connectivity index (χ1) is 7.81. The lowest BCUT2D eigenvalue weighted by atomic mass is 9.82. The number of aliphatic hydroxyl groups is 1. The van der Waals surface area contributed by atoms with Crippen molar-refractivity contribution in [3.05, 3.63) is 11.9 Å². The Morgan fingerprint density at radius 2 is 1.76 bits per heavy atom. The Labute approximate surface area is 104 Å². The van der Waals surface area contributed by atoms with Crippen molar-refractivity contribution in [1.29, 1.82) is 0 Å². The molecule has 0 aliphatic rings.